The van der Waals surface area contributed by atoms with Gasteiger partial charge in [0.2, 0.25) is 0 Å². The Balaban J connectivity index is 1.72. The summed E-state index contributed by atoms with van der Waals surface area (Å²) in [6.07, 6.45) is 4.86. The summed E-state index contributed by atoms with van der Waals surface area (Å²) in [7, 11) is 0. The lowest BCUT2D eigenvalue weighted by atomic mass is 9.96. The number of hydrogen-bond donors (Lipinski definition) is 0. The van der Waals surface area contributed by atoms with Crippen LogP contribution in [-0.4, -0.2) is 9.97 Å². The minimum absolute atomic E-state index is 0.961. The maximum atomic E-state index is 4.83. The van der Waals surface area contributed by atoms with Gasteiger partial charge in [-0.1, -0.05) is 48.5 Å². The summed E-state index contributed by atoms with van der Waals surface area (Å²) in [5.74, 6) is 0. The summed E-state index contributed by atoms with van der Waals surface area (Å²) in [5, 5.41) is 5.09. The number of benzene rings is 3. The van der Waals surface area contributed by atoms with Crippen molar-refractivity contribution in [2.24, 2.45) is 0 Å². The van der Waals surface area contributed by atoms with Crippen LogP contribution in [0.15, 0.2) is 67.0 Å². The molecular weight excluding hydrogens is 316 g/mol. The fraction of sp³-hybridized carbons (Fsp3) is 0.0833. The molecule has 5 aromatic rings. The Bertz CT molecular complexity index is 1370. The van der Waals surface area contributed by atoms with E-state index in [1.165, 1.54) is 44.0 Å². The molecule has 26 heavy (non-hydrogen) atoms. The molecule has 122 valence electrons. The van der Waals surface area contributed by atoms with E-state index in [0.717, 1.165) is 22.8 Å². The van der Waals surface area contributed by atoms with E-state index < -0.39 is 0 Å². The summed E-state index contributed by atoms with van der Waals surface area (Å²) in [6, 6.07) is 19.5. The maximum Gasteiger partial charge on any atom is 0.0967 e. The molecule has 3 aromatic carbocycles. The Hall–Kier alpha value is -3.26. The van der Waals surface area contributed by atoms with Crippen molar-refractivity contribution in [2.75, 3.05) is 0 Å². The number of rotatable bonds is 0. The molecule has 0 amide bonds. The van der Waals surface area contributed by atoms with Crippen molar-refractivity contribution in [3.63, 3.8) is 0 Å². The van der Waals surface area contributed by atoms with Crippen molar-refractivity contribution in [1.29, 1.82) is 0 Å². The molecule has 0 fully saturated rings. The smallest absolute Gasteiger partial charge is 0.0967 e. The highest BCUT2D eigenvalue weighted by molar-refractivity contribution is 6.07. The molecule has 6 rings (SSSR count). The molecule has 0 spiro atoms. The zero-order chi connectivity index (χ0) is 17.3. The highest BCUT2D eigenvalue weighted by Gasteiger charge is 2.24. The van der Waals surface area contributed by atoms with Crippen molar-refractivity contribution >= 4 is 32.6 Å². The Labute approximate surface area is 151 Å². The van der Waals surface area contributed by atoms with Gasteiger partial charge < -0.3 is 0 Å². The van der Waals surface area contributed by atoms with Gasteiger partial charge in [-0.3, -0.25) is 9.97 Å². The minimum Gasteiger partial charge on any atom is -0.254 e. The van der Waals surface area contributed by atoms with Crippen LogP contribution in [0.2, 0.25) is 0 Å². The van der Waals surface area contributed by atoms with E-state index in [9.17, 15) is 0 Å². The molecule has 2 nitrogen and oxygen atoms in total. The van der Waals surface area contributed by atoms with E-state index in [0.29, 0.717) is 0 Å². The van der Waals surface area contributed by atoms with E-state index in [1.807, 2.05) is 18.5 Å². The third-order valence-electron chi connectivity index (χ3n) is 5.73. The molecule has 2 heterocycles. The van der Waals surface area contributed by atoms with Crippen molar-refractivity contribution in [2.45, 2.75) is 13.3 Å². The maximum absolute atomic E-state index is 4.83. The van der Waals surface area contributed by atoms with Gasteiger partial charge in [-0.15, -0.1) is 0 Å². The van der Waals surface area contributed by atoms with Gasteiger partial charge in [0.25, 0.3) is 0 Å². The van der Waals surface area contributed by atoms with Crippen LogP contribution in [-0.2, 0) is 6.42 Å². The van der Waals surface area contributed by atoms with Crippen LogP contribution in [0.1, 0.15) is 16.7 Å². The topological polar surface area (TPSA) is 25.8 Å². The van der Waals surface area contributed by atoms with Gasteiger partial charge in [-0.05, 0) is 46.0 Å². The Kier molecular flexibility index (Phi) is 2.63. The minimum atomic E-state index is 0.961. The lowest BCUT2D eigenvalue weighted by Crippen LogP contribution is -1.90. The van der Waals surface area contributed by atoms with E-state index in [2.05, 4.69) is 60.4 Å². The second kappa shape index (κ2) is 4.89. The molecular formula is C24H16N2. The number of nitrogens with zero attached hydrogens (tertiary/aromatic N) is 2. The van der Waals surface area contributed by atoms with E-state index in [1.54, 1.807) is 0 Å². The molecule has 0 saturated carbocycles. The lowest BCUT2D eigenvalue weighted by Gasteiger charge is -2.09. The van der Waals surface area contributed by atoms with E-state index in [-0.39, 0.29) is 0 Å². The average Bonchev–Trinajstić information content (AvgIpc) is 3.07. The number of aromatic nitrogens is 2. The predicted octanol–water partition coefficient (Wildman–Crippen LogP) is 5.82. The SMILES string of the molecule is Cc1cc2c(c3ccccc13)Cc1c-2cnc2c1ccc1cccnc12. The molecule has 0 N–H and O–H groups in total. The first-order valence-corrected chi connectivity index (χ1v) is 8.98. The lowest BCUT2D eigenvalue weighted by molar-refractivity contribution is 1.29. The normalized spacial score (nSPS) is 12.7. The Morgan fingerprint density at radius 2 is 1.58 bits per heavy atom. The van der Waals surface area contributed by atoms with Crippen molar-refractivity contribution in [3.8, 4) is 11.1 Å². The molecule has 0 radical (unpaired) electrons. The molecule has 1 aliphatic rings. The third kappa shape index (κ3) is 1.71. The highest BCUT2D eigenvalue weighted by atomic mass is 14.7. The number of pyridine rings is 2. The standard InChI is InChI=1S/C24H16N2/c1-14-11-19-20(17-7-3-2-6-16(14)17)12-21-18-9-8-15-5-4-10-25-23(15)24(18)26-13-22(19)21/h2-11,13H,12H2,1H3. The summed E-state index contributed by atoms with van der Waals surface area (Å²) in [4.78, 5) is 9.41. The largest absolute Gasteiger partial charge is 0.254 e. The fourth-order valence-electron chi connectivity index (χ4n) is 4.50. The molecule has 2 aromatic heterocycles. The third-order valence-corrected chi connectivity index (χ3v) is 5.73. The molecule has 1 aliphatic carbocycles. The number of hydrogen-bond acceptors (Lipinski definition) is 2. The van der Waals surface area contributed by atoms with Crippen LogP contribution in [0.3, 0.4) is 0 Å². The van der Waals surface area contributed by atoms with Gasteiger partial charge in [0, 0.05) is 35.2 Å². The van der Waals surface area contributed by atoms with Crippen molar-refractivity contribution in [3.05, 3.63) is 83.7 Å². The summed E-state index contributed by atoms with van der Waals surface area (Å²) in [5.41, 5.74) is 8.75. The van der Waals surface area contributed by atoms with Crippen molar-refractivity contribution < 1.29 is 0 Å². The fourth-order valence-corrected chi connectivity index (χ4v) is 4.50. The van der Waals surface area contributed by atoms with E-state index in [4.69, 9.17) is 4.98 Å². The van der Waals surface area contributed by atoms with E-state index >= 15 is 0 Å². The zero-order valence-electron chi connectivity index (χ0n) is 14.5. The van der Waals surface area contributed by atoms with Crippen LogP contribution in [0.5, 0.6) is 0 Å². The first kappa shape index (κ1) is 14.0. The second-order valence-electron chi connectivity index (χ2n) is 7.13. The van der Waals surface area contributed by atoms with Crippen LogP contribution in [0, 0.1) is 6.92 Å². The first-order chi connectivity index (χ1) is 12.8. The monoisotopic (exact) mass is 332 g/mol. The average molecular weight is 332 g/mol. The van der Waals surface area contributed by atoms with Crippen LogP contribution >= 0.6 is 0 Å². The molecule has 0 unspecified atom stereocenters. The zero-order valence-corrected chi connectivity index (χ0v) is 14.5. The van der Waals surface area contributed by atoms with Gasteiger partial charge in [0.05, 0.1) is 11.0 Å². The number of aryl methyl sites for hydroxylation is 1. The van der Waals surface area contributed by atoms with Gasteiger partial charge in [0.15, 0.2) is 0 Å². The molecule has 0 saturated heterocycles. The van der Waals surface area contributed by atoms with Crippen LogP contribution < -0.4 is 0 Å². The molecule has 2 heteroatoms. The van der Waals surface area contributed by atoms with Gasteiger partial charge in [0.1, 0.15) is 0 Å². The van der Waals surface area contributed by atoms with Gasteiger partial charge >= 0.3 is 0 Å². The Morgan fingerprint density at radius 1 is 0.731 bits per heavy atom. The predicted molar refractivity (Wildman–Crippen MR) is 108 cm³/mol. The number of fused-ring (bicyclic) bond motifs is 9. The second-order valence-corrected chi connectivity index (χ2v) is 7.13. The first-order valence-electron chi connectivity index (χ1n) is 8.98. The van der Waals surface area contributed by atoms with Crippen LogP contribution in [0.25, 0.3) is 43.7 Å². The quantitative estimate of drug-likeness (QED) is 0.328. The Morgan fingerprint density at radius 3 is 2.50 bits per heavy atom. The molecule has 0 bridgehead atoms. The highest BCUT2D eigenvalue weighted by Crippen LogP contribution is 2.44. The van der Waals surface area contributed by atoms with Crippen LogP contribution in [0.4, 0.5) is 0 Å². The summed E-state index contributed by atoms with van der Waals surface area (Å²) < 4.78 is 0. The van der Waals surface area contributed by atoms with Crippen molar-refractivity contribution in [1.82, 2.24) is 9.97 Å². The van der Waals surface area contributed by atoms with Gasteiger partial charge in [-0.2, -0.15) is 0 Å². The van der Waals surface area contributed by atoms with Gasteiger partial charge in [-0.25, -0.2) is 0 Å². The molecule has 0 atom stereocenters. The molecule has 0 aliphatic heterocycles. The summed E-state index contributed by atoms with van der Waals surface area (Å²) >= 11 is 0. The summed E-state index contributed by atoms with van der Waals surface area (Å²) in [6.45, 7) is 2.20.